The molecule has 0 radical (unpaired) electrons. The zero-order chi connectivity index (χ0) is 12.3. The molecule has 0 saturated heterocycles. The van der Waals surface area contributed by atoms with Crippen LogP contribution in [0.3, 0.4) is 0 Å². The SMILES string of the molecule is CC(C)c1cc(CO)cc(OCCC2CC2)n1. The van der Waals surface area contributed by atoms with Crippen molar-refractivity contribution >= 4 is 0 Å². The lowest BCUT2D eigenvalue weighted by Crippen LogP contribution is -2.03. The number of nitrogens with zero attached hydrogens (tertiary/aromatic N) is 1. The van der Waals surface area contributed by atoms with E-state index >= 15 is 0 Å². The Balaban J connectivity index is 2.00. The van der Waals surface area contributed by atoms with Crippen molar-refractivity contribution in [1.29, 1.82) is 0 Å². The van der Waals surface area contributed by atoms with Gasteiger partial charge in [-0.2, -0.15) is 0 Å². The molecule has 0 spiro atoms. The fraction of sp³-hybridized carbons (Fsp3) is 0.643. The summed E-state index contributed by atoms with van der Waals surface area (Å²) in [5.74, 6) is 1.88. The van der Waals surface area contributed by atoms with Crippen LogP contribution in [0.1, 0.15) is 50.3 Å². The van der Waals surface area contributed by atoms with Crippen LogP contribution in [0.5, 0.6) is 5.88 Å². The molecule has 0 bridgehead atoms. The number of hydrogen-bond donors (Lipinski definition) is 1. The van der Waals surface area contributed by atoms with Gasteiger partial charge in [-0.3, -0.25) is 0 Å². The van der Waals surface area contributed by atoms with Gasteiger partial charge in [0.2, 0.25) is 5.88 Å². The predicted molar refractivity (Wildman–Crippen MR) is 67.1 cm³/mol. The van der Waals surface area contributed by atoms with Crippen LogP contribution in [0.25, 0.3) is 0 Å². The molecule has 3 heteroatoms. The van der Waals surface area contributed by atoms with Crippen LogP contribution in [0.4, 0.5) is 0 Å². The lowest BCUT2D eigenvalue weighted by molar-refractivity contribution is 0.273. The highest BCUT2D eigenvalue weighted by molar-refractivity contribution is 5.26. The van der Waals surface area contributed by atoms with Crippen molar-refractivity contribution in [3.63, 3.8) is 0 Å². The summed E-state index contributed by atoms with van der Waals surface area (Å²) in [5.41, 5.74) is 1.86. The second-order valence-corrected chi connectivity index (χ2v) is 5.13. The minimum atomic E-state index is 0.0429. The summed E-state index contributed by atoms with van der Waals surface area (Å²) in [4.78, 5) is 4.46. The minimum absolute atomic E-state index is 0.0429. The second-order valence-electron chi connectivity index (χ2n) is 5.13. The van der Waals surface area contributed by atoms with Crippen LogP contribution >= 0.6 is 0 Å². The zero-order valence-electron chi connectivity index (χ0n) is 10.6. The molecular weight excluding hydrogens is 214 g/mol. The van der Waals surface area contributed by atoms with Gasteiger partial charge in [0.25, 0.3) is 0 Å². The molecule has 17 heavy (non-hydrogen) atoms. The van der Waals surface area contributed by atoms with Gasteiger partial charge in [-0.1, -0.05) is 26.7 Å². The maximum atomic E-state index is 9.21. The first-order chi connectivity index (χ1) is 8.19. The lowest BCUT2D eigenvalue weighted by atomic mass is 10.1. The Morgan fingerprint density at radius 1 is 1.41 bits per heavy atom. The molecule has 1 aromatic rings. The van der Waals surface area contributed by atoms with Crippen LogP contribution < -0.4 is 4.74 Å². The molecule has 0 atom stereocenters. The highest BCUT2D eigenvalue weighted by atomic mass is 16.5. The first-order valence-corrected chi connectivity index (χ1v) is 6.43. The summed E-state index contributed by atoms with van der Waals surface area (Å²) in [7, 11) is 0. The predicted octanol–water partition coefficient (Wildman–Crippen LogP) is 2.88. The van der Waals surface area contributed by atoms with Crippen molar-refractivity contribution in [2.75, 3.05) is 6.61 Å². The summed E-state index contributed by atoms with van der Waals surface area (Å²) in [5, 5.41) is 9.21. The Bertz CT molecular complexity index is 372. The summed E-state index contributed by atoms with van der Waals surface area (Å²) in [6, 6.07) is 3.77. The summed E-state index contributed by atoms with van der Waals surface area (Å²) >= 11 is 0. The molecule has 1 aliphatic rings. The van der Waals surface area contributed by atoms with Crippen LogP contribution in [-0.2, 0) is 6.61 Å². The number of aliphatic hydroxyl groups excluding tert-OH is 1. The van der Waals surface area contributed by atoms with Crippen LogP contribution in [0.15, 0.2) is 12.1 Å². The fourth-order valence-electron chi connectivity index (χ4n) is 1.78. The Kier molecular flexibility index (Phi) is 4.00. The maximum Gasteiger partial charge on any atom is 0.213 e. The van der Waals surface area contributed by atoms with Crippen LogP contribution in [-0.4, -0.2) is 16.7 Å². The number of ether oxygens (including phenoxy) is 1. The van der Waals surface area contributed by atoms with E-state index in [2.05, 4.69) is 18.8 Å². The molecule has 1 fully saturated rings. The highest BCUT2D eigenvalue weighted by Gasteiger charge is 2.20. The molecule has 1 saturated carbocycles. The van der Waals surface area contributed by atoms with Gasteiger partial charge in [0.05, 0.1) is 13.2 Å². The monoisotopic (exact) mass is 235 g/mol. The molecule has 1 heterocycles. The minimum Gasteiger partial charge on any atom is -0.478 e. The van der Waals surface area contributed by atoms with Gasteiger partial charge in [-0.15, -0.1) is 0 Å². The number of aliphatic hydroxyl groups is 1. The Morgan fingerprint density at radius 2 is 2.18 bits per heavy atom. The summed E-state index contributed by atoms with van der Waals surface area (Å²) in [6.07, 6.45) is 3.83. The Labute approximate surface area is 103 Å². The quantitative estimate of drug-likeness (QED) is 0.824. The third-order valence-corrected chi connectivity index (χ3v) is 3.13. The van der Waals surface area contributed by atoms with E-state index in [1.807, 2.05) is 12.1 Å². The van der Waals surface area contributed by atoms with E-state index in [-0.39, 0.29) is 6.61 Å². The number of hydrogen-bond acceptors (Lipinski definition) is 3. The van der Waals surface area contributed by atoms with E-state index in [4.69, 9.17) is 4.74 Å². The first-order valence-electron chi connectivity index (χ1n) is 6.43. The molecule has 1 N–H and O–H groups in total. The molecule has 1 aromatic heterocycles. The van der Waals surface area contributed by atoms with Gasteiger partial charge >= 0.3 is 0 Å². The van der Waals surface area contributed by atoms with E-state index in [0.29, 0.717) is 11.8 Å². The summed E-state index contributed by atoms with van der Waals surface area (Å²) < 4.78 is 5.67. The molecule has 2 rings (SSSR count). The smallest absolute Gasteiger partial charge is 0.213 e. The van der Waals surface area contributed by atoms with E-state index in [0.717, 1.165) is 30.2 Å². The lowest BCUT2D eigenvalue weighted by Gasteiger charge is -2.11. The normalized spacial score (nSPS) is 15.3. The molecule has 3 nitrogen and oxygen atoms in total. The van der Waals surface area contributed by atoms with E-state index in [1.165, 1.54) is 12.8 Å². The molecule has 1 aliphatic carbocycles. The van der Waals surface area contributed by atoms with Gasteiger partial charge in [-0.05, 0) is 29.9 Å². The van der Waals surface area contributed by atoms with E-state index in [1.54, 1.807) is 0 Å². The molecule has 0 aliphatic heterocycles. The Morgan fingerprint density at radius 3 is 2.76 bits per heavy atom. The Hall–Kier alpha value is -1.09. The van der Waals surface area contributed by atoms with Crippen molar-refractivity contribution in [2.24, 2.45) is 5.92 Å². The number of rotatable bonds is 6. The van der Waals surface area contributed by atoms with Gasteiger partial charge in [-0.25, -0.2) is 4.98 Å². The van der Waals surface area contributed by atoms with E-state index in [9.17, 15) is 5.11 Å². The highest BCUT2D eigenvalue weighted by Crippen LogP contribution is 2.32. The maximum absolute atomic E-state index is 9.21. The van der Waals surface area contributed by atoms with Gasteiger partial charge in [0.15, 0.2) is 0 Å². The number of aromatic nitrogens is 1. The third kappa shape index (κ3) is 3.70. The molecule has 0 amide bonds. The van der Waals surface area contributed by atoms with Gasteiger partial charge in [0, 0.05) is 11.8 Å². The van der Waals surface area contributed by atoms with Crippen molar-refractivity contribution in [1.82, 2.24) is 4.98 Å². The van der Waals surface area contributed by atoms with E-state index < -0.39 is 0 Å². The fourth-order valence-corrected chi connectivity index (χ4v) is 1.78. The second kappa shape index (κ2) is 5.50. The molecule has 0 aromatic carbocycles. The topological polar surface area (TPSA) is 42.4 Å². The average Bonchev–Trinajstić information content (AvgIpc) is 3.12. The molecular formula is C14H21NO2. The first kappa shape index (κ1) is 12.4. The van der Waals surface area contributed by atoms with Crippen LogP contribution in [0.2, 0.25) is 0 Å². The summed E-state index contributed by atoms with van der Waals surface area (Å²) in [6.45, 7) is 4.97. The average molecular weight is 235 g/mol. The third-order valence-electron chi connectivity index (χ3n) is 3.13. The van der Waals surface area contributed by atoms with Gasteiger partial charge in [0.1, 0.15) is 0 Å². The number of pyridine rings is 1. The molecule has 0 unspecified atom stereocenters. The standard InChI is InChI=1S/C14H21NO2/c1-10(2)13-7-12(9-16)8-14(15-13)17-6-5-11-3-4-11/h7-8,10-11,16H,3-6,9H2,1-2H3. The zero-order valence-corrected chi connectivity index (χ0v) is 10.6. The van der Waals surface area contributed by atoms with Crippen molar-refractivity contribution in [3.8, 4) is 5.88 Å². The van der Waals surface area contributed by atoms with Crippen molar-refractivity contribution in [2.45, 2.75) is 45.6 Å². The van der Waals surface area contributed by atoms with Crippen molar-refractivity contribution in [3.05, 3.63) is 23.4 Å². The van der Waals surface area contributed by atoms with Gasteiger partial charge < -0.3 is 9.84 Å². The van der Waals surface area contributed by atoms with Crippen molar-refractivity contribution < 1.29 is 9.84 Å². The largest absolute Gasteiger partial charge is 0.478 e. The van der Waals surface area contributed by atoms with Crippen LogP contribution in [0, 0.1) is 5.92 Å². The molecule has 94 valence electrons.